The molecule has 0 fully saturated rings. The number of benzene rings is 1. The summed E-state index contributed by atoms with van der Waals surface area (Å²) in [6.45, 7) is 5.65. The number of hydrogen-bond acceptors (Lipinski definition) is 3. The molecule has 0 radical (unpaired) electrons. The van der Waals surface area contributed by atoms with Crippen LogP contribution in [0.2, 0.25) is 0 Å². The third-order valence-corrected chi connectivity index (χ3v) is 3.44. The first-order valence-electron chi connectivity index (χ1n) is 6.96. The number of halogens is 1. The van der Waals surface area contributed by atoms with Crippen molar-refractivity contribution in [2.75, 3.05) is 13.1 Å². The summed E-state index contributed by atoms with van der Waals surface area (Å²) >= 11 is 3.47. The quantitative estimate of drug-likeness (QED) is 0.558. The fraction of sp³-hybridized carbons (Fsp3) is 0.438. The lowest BCUT2D eigenvalue weighted by molar-refractivity contribution is -0.127. The molecule has 4 nitrogen and oxygen atoms in total. The minimum absolute atomic E-state index is 0.202. The van der Waals surface area contributed by atoms with Crippen LogP contribution in [-0.2, 0) is 11.3 Å². The second-order valence-electron chi connectivity index (χ2n) is 4.59. The van der Waals surface area contributed by atoms with Crippen LogP contribution in [0.25, 0.3) is 0 Å². The number of terminal acetylenes is 1. The lowest BCUT2D eigenvalue weighted by Crippen LogP contribution is -2.36. The molecule has 1 aromatic rings. The van der Waals surface area contributed by atoms with Gasteiger partial charge in [0, 0.05) is 12.1 Å². The Hall–Kier alpha value is -1.51. The molecule has 0 aliphatic carbocycles. The van der Waals surface area contributed by atoms with Gasteiger partial charge in [0.25, 0.3) is 5.91 Å². The SMILES string of the molecule is C#CCNC(=O)C(C)Oc1c(Br)cccc1CNCCC. The number of rotatable bonds is 8. The van der Waals surface area contributed by atoms with Gasteiger partial charge in [0.15, 0.2) is 6.10 Å². The molecule has 1 aromatic carbocycles. The Kier molecular flexibility index (Phi) is 7.88. The molecule has 1 amide bonds. The number of amides is 1. The lowest BCUT2D eigenvalue weighted by Gasteiger charge is -2.18. The fourth-order valence-corrected chi connectivity index (χ4v) is 2.24. The van der Waals surface area contributed by atoms with Crippen LogP contribution in [0.3, 0.4) is 0 Å². The highest BCUT2D eigenvalue weighted by Crippen LogP contribution is 2.30. The van der Waals surface area contributed by atoms with Crippen molar-refractivity contribution in [3.8, 4) is 18.1 Å². The maximum absolute atomic E-state index is 11.8. The molecule has 5 heteroatoms. The van der Waals surface area contributed by atoms with Crippen LogP contribution in [0.1, 0.15) is 25.8 Å². The average molecular weight is 353 g/mol. The van der Waals surface area contributed by atoms with E-state index in [1.807, 2.05) is 18.2 Å². The molecule has 0 aliphatic heterocycles. The Balaban J connectivity index is 2.76. The second-order valence-corrected chi connectivity index (χ2v) is 5.44. The Morgan fingerprint density at radius 3 is 2.95 bits per heavy atom. The van der Waals surface area contributed by atoms with Gasteiger partial charge in [0.05, 0.1) is 11.0 Å². The molecule has 0 heterocycles. The van der Waals surface area contributed by atoms with Gasteiger partial charge >= 0.3 is 0 Å². The zero-order valence-electron chi connectivity index (χ0n) is 12.4. The van der Waals surface area contributed by atoms with Gasteiger partial charge in [-0.2, -0.15) is 0 Å². The van der Waals surface area contributed by atoms with E-state index in [0.29, 0.717) is 12.3 Å². The Bertz CT molecular complexity index is 511. The first-order valence-corrected chi connectivity index (χ1v) is 7.75. The van der Waals surface area contributed by atoms with Gasteiger partial charge in [0.1, 0.15) is 5.75 Å². The normalized spacial score (nSPS) is 11.5. The maximum atomic E-state index is 11.8. The zero-order chi connectivity index (χ0) is 15.7. The predicted molar refractivity (Wildman–Crippen MR) is 88.1 cm³/mol. The van der Waals surface area contributed by atoms with E-state index in [4.69, 9.17) is 11.2 Å². The van der Waals surface area contributed by atoms with Crippen LogP contribution in [0, 0.1) is 12.3 Å². The summed E-state index contributed by atoms with van der Waals surface area (Å²) in [5.41, 5.74) is 1.01. The summed E-state index contributed by atoms with van der Waals surface area (Å²) in [6, 6.07) is 5.82. The van der Waals surface area contributed by atoms with Crippen molar-refractivity contribution in [1.82, 2.24) is 10.6 Å². The molecule has 2 N–H and O–H groups in total. The van der Waals surface area contributed by atoms with Gasteiger partial charge < -0.3 is 15.4 Å². The summed E-state index contributed by atoms with van der Waals surface area (Å²) in [5.74, 6) is 2.83. The molecule has 21 heavy (non-hydrogen) atoms. The summed E-state index contributed by atoms with van der Waals surface area (Å²) in [7, 11) is 0. The summed E-state index contributed by atoms with van der Waals surface area (Å²) in [5, 5.41) is 5.94. The largest absolute Gasteiger partial charge is 0.479 e. The van der Waals surface area contributed by atoms with Gasteiger partial charge in [-0.25, -0.2) is 0 Å². The molecule has 1 unspecified atom stereocenters. The van der Waals surface area contributed by atoms with E-state index in [9.17, 15) is 4.79 Å². The molecule has 0 saturated carbocycles. The van der Waals surface area contributed by atoms with Crippen molar-refractivity contribution < 1.29 is 9.53 Å². The van der Waals surface area contributed by atoms with E-state index in [1.54, 1.807) is 6.92 Å². The predicted octanol–water partition coefficient (Wildman–Crippen LogP) is 2.47. The fourth-order valence-electron chi connectivity index (χ4n) is 1.74. The van der Waals surface area contributed by atoms with Gasteiger partial charge in [-0.05, 0) is 41.9 Å². The summed E-state index contributed by atoms with van der Waals surface area (Å²) < 4.78 is 6.63. The molecule has 0 bridgehead atoms. The van der Waals surface area contributed by atoms with Crippen molar-refractivity contribution in [3.63, 3.8) is 0 Å². The maximum Gasteiger partial charge on any atom is 0.261 e. The van der Waals surface area contributed by atoms with E-state index in [1.165, 1.54) is 0 Å². The number of carbonyl (C=O) groups is 1. The van der Waals surface area contributed by atoms with E-state index < -0.39 is 6.10 Å². The third-order valence-electron chi connectivity index (χ3n) is 2.82. The van der Waals surface area contributed by atoms with Gasteiger partial charge in [-0.3, -0.25) is 4.79 Å². The van der Waals surface area contributed by atoms with Crippen LogP contribution in [0.4, 0.5) is 0 Å². The summed E-state index contributed by atoms with van der Waals surface area (Å²) in [4.78, 5) is 11.8. The molecule has 0 spiro atoms. The van der Waals surface area contributed by atoms with E-state index in [2.05, 4.69) is 39.4 Å². The highest BCUT2D eigenvalue weighted by atomic mass is 79.9. The van der Waals surface area contributed by atoms with Gasteiger partial charge in [0.2, 0.25) is 0 Å². The summed E-state index contributed by atoms with van der Waals surface area (Å²) in [6.07, 6.45) is 5.58. The minimum Gasteiger partial charge on any atom is -0.479 e. The highest BCUT2D eigenvalue weighted by Gasteiger charge is 2.17. The van der Waals surface area contributed by atoms with E-state index in [0.717, 1.165) is 23.0 Å². The van der Waals surface area contributed by atoms with Gasteiger partial charge in [-0.1, -0.05) is 25.0 Å². The third kappa shape index (κ3) is 5.78. The Labute approximate surface area is 134 Å². The number of hydrogen-bond donors (Lipinski definition) is 2. The molecule has 1 rings (SSSR count). The number of ether oxygens (including phenoxy) is 1. The van der Waals surface area contributed by atoms with Crippen LogP contribution in [0.5, 0.6) is 5.75 Å². The second kappa shape index (κ2) is 9.43. The van der Waals surface area contributed by atoms with E-state index >= 15 is 0 Å². The van der Waals surface area contributed by atoms with Crippen molar-refractivity contribution in [2.24, 2.45) is 0 Å². The van der Waals surface area contributed by atoms with Crippen LogP contribution in [0.15, 0.2) is 22.7 Å². The first-order chi connectivity index (χ1) is 10.1. The monoisotopic (exact) mass is 352 g/mol. The smallest absolute Gasteiger partial charge is 0.261 e. The first kappa shape index (κ1) is 17.5. The van der Waals surface area contributed by atoms with Crippen LogP contribution in [-0.4, -0.2) is 25.1 Å². The average Bonchev–Trinajstić information content (AvgIpc) is 2.48. The zero-order valence-corrected chi connectivity index (χ0v) is 14.0. The number of carbonyl (C=O) groups excluding carboxylic acids is 1. The standard InChI is InChI=1S/C16H21BrN2O2/c1-4-9-18-11-13-7-6-8-14(17)15(13)21-12(3)16(20)19-10-5-2/h2,6-8,12,18H,4,9-11H2,1,3H3,(H,19,20). The Morgan fingerprint density at radius 1 is 1.52 bits per heavy atom. The Morgan fingerprint density at radius 2 is 2.29 bits per heavy atom. The molecule has 0 aliphatic rings. The van der Waals surface area contributed by atoms with Gasteiger partial charge in [-0.15, -0.1) is 6.42 Å². The van der Waals surface area contributed by atoms with E-state index in [-0.39, 0.29) is 12.5 Å². The van der Waals surface area contributed by atoms with Crippen LogP contribution >= 0.6 is 15.9 Å². The highest BCUT2D eigenvalue weighted by molar-refractivity contribution is 9.10. The molecular formula is C16H21BrN2O2. The molecule has 114 valence electrons. The molecular weight excluding hydrogens is 332 g/mol. The molecule has 0 saturated heterocycles. The lowest BCUT2D eigenvalue weighted by atomic mass is 10.2. The van der Waals surface area contributed by atoms with Crippen molar-refractivity contribution in [1.29, 1.82) is 0 Å². The molecule has 1 atom stereocenters. The number of nitrogens with one attached hydrogen (secondary N) is 2. The minimum atomic E-state index is -0.609. The van der Waals surface area contributed by atoms with Crippen molar-refractivity contribution >= 4 is 21.8 Å². The van der Waals surface area contributed by atoms with Crippen molar-refractivity contribution in [2.45, 2.75) is 32.9 Å². The van der Waals surface area contributed by atoms with Crippen molar-refractivity contribution in [3.05, 3.63) is 28.2 Å². The number of para-hydroxylation sites is 1. The molecule has 0 aromatic heterocycles. The van der Waals surface area contributed by atoms with Crippen LogP contribution < -0.4 is 15.4 Å². The topological polar surface area (TPSA) is 50.4 Å².